The van der Waals surface area contributed by atoms with E-state index in [0.29, 0.717) is 6.08 Å². The number of allylic oxidation sites excluding steroid dienone is 2. The number of alkyl halides is 5. The molecule has 1 aromatic heterocycles. The van der Waals surface area contributed by atoms with E-state index in [1.807, 2.05) is 0 Å². The maximum absolute atomic E-state index is 13.8. The van der Waals surface area contributed by atoms with Gasteiger partial charge in [0, 0.05) is 24.7 Å². The van der Waals surface area contributed by atoms with Crippen LogP contribution in [0.2, 0.25) is 5.02 Å². The van der Waals surface area contributed by atoms with Gasteiger partial charge in [0.05, 0.1) is 21.8 Å². The van der Waals surface area contributed by atoms with Gasteiger partial charge in [-0.05, 0) is 31.2 Å². The number of carbonyl (C=O) groups excluding carboxylic acids is 1. The molecular formula is C19H16ClF5N2O. The monoisotopic (exact) mass is 418 g/mol. The van der Waals surface area contributed by atoms with E-state index in [2.05, 4.69) is 10.3 Å². The van der Waals surface area contributed by atoms with Crippen LogP contribution in [0.3, 0.4) is 0 Å². The Bertz CT molecular complexity index is 881. The average molecular weight is 419 g/mol. The summed E-state index contributed by atoms with van der Waals surface area (Å²) in [5, 5.41) is 2.33. The highest BCUT2D eigenvalue weighted by Crippen LogP contribution is 2.32. The average Bonchev–Trinajstić information content (AvgIpc) is 2.62. The van der Waals surface area contributed by atoms with E-state index in [1.54, 1.807) is 0 Å². The van der Waals surface area contributed by atoms with Gasteiger partial charge in [0.1, 0.15) is 0 Å². The van der Waals surface area contributed by atoms with Crippen molar-refractivity contribution in [3.05, 3.63) is 76.1 Å². The molecule has 1 heterocycles. The second-order valence-corrected chi connectivity index (χ2v) is 6.23. The maximum atomic E-state index is 13.8. The van der Waals surface area contributed by atoms with Crippen LogP contribution in [0.25, 0.3) is 0 Å². The molecule has 0 radical (unpaired) electrons. The molecule has 1 N–H and O–H groups in total. The van der Waals surface area contributed by atoms with Crippen molar-refractivity contribution in [3.63, 3.8) is 0 Å². The topological polar surface area (TPSA) is 42.0 Å². The molecule has 0 unspecified atom stereocenters. The molecule has 0 saturated carbocycles. The van der Waals surface area contributed by atoms with E-state index in [9.17, 15) is 26.7 Å². The van der Waals surface area contributed by atoms with Gasteiger partial charge < -0.3 is 5.32 Å². The quantitative estimate of drug-likeness (QED) is 0.504. The maximum Gasteiger partial charge on any atom is 0.417 e. The van der Waals surface area contributed by atoms with Crippen LogP contribution in [0.5, 0.6) is 0 Å². The molecule has 0 atom stereocenters. The van der Waals surface area contributed by atoms with Crippen LogP contribution in [0.15, 0.2) is 48.7 Å². The number of benzene rings is 1. The van der Waals surface area contributed by atoms with Gasteiger partial charge in [0.25, 0.3) is 11.8 Å². The fourth-order valence-electron chi connectivity index (χ4n) is 2.46. The fraction of sp³-hybridized carbons (Fsp3) is 0.263. The number of carbonyl (C=O) groups is 1. The molecular weight excluding hydrogens is 403 g/mol. The largest absolute Gasteiger partial charge is 0.417 e. The van der Waals surface area contributed by atoms with Crippen molar-refractivity contribution in [1.82, 2.24) is 10.3 Å². The van der Waals surface area contributed by atoms with Gasteiger partial charge in [-0.2, -0.15) is 22.0 Å². The summed E-state index contributed by atoms with van der Waals surface area (Å²) in [7, 11) is 0. The first-order valence-electron chi connectivity index (χ1n) is 8.17. The summed E-state index contributed by atoms with van der Waals surface area (Å²) in [6, 6.07) is 5.48. The zero-order valence-electron chi connectivity index (χ0n) is 14.7. The summed E-state index contributed by atoms with van der Waals surface area (Å²) in [4.78, 5) is 15.9. The summed E-state index contributed by atoms with van der Waals surface area (Å²) in [5.74, 6) is -4.13. The Morgan fingerprint density at radius 2 is 1.89 bits per heavy atom. The summed E-state index contributed by atoms with van der Waals surface area (Å²) < 4.78 is 66.5. The van der Waals surface area contributed by atoms with Crippen LogP contribution < -0.4 is 5.32 Å². The number of hydrogen-bond donors (Lipinski definition) is 1. The molecule has 150 valence electrons. The summed E-state index contributed by atoms with van der Waals surface area (Å²) in [6.45, 7) is 1.39. The van der Waals surface area contributed by atoms with Crippen molar-refractivity contribution in [2.75, 3.05) is 6.54 Å². The lowest BCUT2D eigenvalue weighted by molar-refractivity contribution is -0.137. The Hall–Kier alpha value is -2.48. The zero-order valence-corrected chi connectivity index (χ0v) is 15.4. The van der Waals surface area contributed by atoms with Crippen molar-refractivity contribution >= 4 is 17.5 Å². The van der Waals surface area contributed by atoms with Crippen molar-refractivity contribution in [2.24, 2.45) is 0 Å². The molecule has 0 aliphatic carbocycles. The first-order chi connectivity index (χ1) is 13.1. The SMILES string of the molecule is C/C=C/C(F)(F)c1cnc(CCNC(=O)c2ccccc2C(F)(F)F)c(Cl)c1. The summed E-state index contributed by atoms with van der Waals surface area (Å²) in [5.41, 5.74) is -1.69. The number of pyridine rings is 1. The lowest BCUT2D eigenvalue weighted by Crippen LogP contribution is -2.28. The highest BCUT2D eigenvalue weighted by molar-refractivity contribution is 6.31. The third-order valence-corrected chi connectivity index (χ3v) is 4.13. The van der Waals surface area contributed by atoms with Gasteiger partial charge >= 0.3 is 6.18 Å². The number of aromatic nitrogens is 1. The molecule has 0 fully saturated rings. The molecule has 0 spiro atoms. The van der Waals surface area contributed by atoms with Crippen LogP contribution in [0.4, 0.5) is 22.0 Å². The number of rotatable bonds is 6. The molecule has 1 amide bonds. The molecule has 0 saturated heterocycles. The number of hydrogen-bond acceptors (Lipinski definition) is 2. The predicted octanol–water partition coefficient (Wildman–Crippen LogP) is 5.39. The van der Waals surface area contributed by atoms with Crippen LogP contribution in [0.1, 0.15) is 34.1 Å². The van der Waals surface area contributed by atoms with Crippen molar-refractivity contribution in [2.45, 2.75) is 25.4 Å². The molecule has 3 nitrogen and oxygen atoms in total. The van der Waals surface area contributed by atoms with E-state index >= 15 is 0 Å². The summed E-state index contributed by atoms with van der Waals surface area (Å²) >= 11 is 5.97. The minimum Gasteiger partial charge on any atom is -0.352 e. The van der Waals surface area contributed by atoms with Crippen LogP contribution in [-0.4, -0.2) is 17.4 Å². The lowest BCUT2D eigenvalue weighted by Gasteiger charge is -2.14. The second kappa shape index (κ2) is 8.68. The van der Waals surface area contributed by atoms with Crippen LogP contribution in [-0.2, 0) is 18.5 Å². The van der Waals surface area contributed by atoms with E-state index in [4.69, 9.17) is 11.6 Å². The van der Waals surface area contributed by atoms with E-state index in [-0.39, 0.29) is 29.2 Å². The first-order valence-corrected chi connectivity index (χ1v) is 8.55. The van der Waals surface area contributed by atoms with Gasteiger partial charge in [0.2, 0.25) is 0 Å². The Morgan fingerprint density at radius 3 is 2.50 bits per heavy atom. The van der Waals surface area contributed by atoms with E-state index in [0.717, 1.165) is 24.4 Å². The normalized spacial score (nSPS) is 12.4. The molecule has 9 heteroatoms. The van der Waals surface area contributed by atoms with Crippen LogP contribution in [0, 0.1) is 0 Å². The Labute approximate surface area is 163 Å². The lowest BCUT2D eigenvalue weighted by atomic mass is 10.1. The van der Waals surface area contributed by atoms with Gasteiger partial charge in [-0.1, -0.05) is 29.8 Å². The zero-order chi connectivity index (χ0) is 20.9. The molecule has 2 rings (SSSR count). The van der Waals surface area contributed by atoms with Crippen molar-refractivity contribution < 1.29 is 26.7 Å². The first kappa shape index (κ1) is 21.8. The smallest absolute Gasteiger partial charge is 0.352 e. The molecule has 0 aliphatic heterocycles. The standard InChI is InChI=1S/C19H16ClF5N2O/c1-2-8-18(21,22)12-10-15(20)16(27-11-12)7-9-26-17(28)13-5-3-4-6-14(13)19(23,24)25/h2-6,8,10-11H,7,9H2,1H3,(H,26,28)/b8-2+. The molecule has 28 heavy (non-hydrogen) atoms. The number of nitrogens with one attached hydrogen (secondary N) is 1. The fourth-order valence-corrected chi connectivity index (χ4v) is 2.72. The predicted molar refractivity (Wildman–Crippen MR) is 95.4 cm³/mol. The Balaban J connectivity index is 2.06. The van der Waals surface area contributed by atoms with Gasteiger partial charge in [0.15, 0.2) is 0 Å². The number of amides is 1. The summed E-state index contributed by atoms with van der Waals surface area (Å²) in [6.07, 6.45) is -1.71. The van der Waals surface area contributed by atoms with Crippen LogP contribution >= 0.6 is 11.6 Å². The highest BCUT2D eigenvalue weighted by Gasteiger charge is 2.34. The number of nitrogens with zero attached hydrogens (tertiary/aromatic N) is 1. The third kappa shape index (κ3) is 5.28. The molecule has 1 aromatic carbocycles. The van der Waals surface area contributed by atoms with Crippen molar-refractivity contribution in [1.29, 1.82) is 0 Å². The molecule has 0 aliphatic rings. The second-order valence-electron chi connectivity index (χ2n) is 5.82. The minimum atomic E-state index is -4.66. The Morgan fingerprint density at radius 1 is 1.21 bits per heavy atom. The minimum absolute atomic E-state index is 0.0216. The molecule has 0 bridgehead atoms. The van der Waals surface area contributed by atoms with Gasteiger partial charge in [-0.3, -0.25) is 9.78 Å². The number of halogens is 6. The van der Waals surface area contributed by atoms with E-state index < -0.39 is 29.1 Å². The van der Waals surface area contributed by atoms with Gasteiger partial charge in [-0.25, -0.2) is 0 Å². The van der Waals surface area contributed by atoms with E-state index in [1.165, 1.54) is 25.1 Å². The highest BCUT2D eigenvalue weighted by atomic mass is 35.5. The molecule has 2 aromatic rings. The van der Waals surface area contributed by atoms with Crippen molar-refractivity contribution in [3.8, 4) is 0 Å². The third-order valence-electron chi connectivity index (χ3n) is 3.80. The Kier molecular flexibility index (Phi) is 6.77. The van der Waals surface area contributed by atoms with Gasteiger partial charge in [-0.15, -0.1) is 0 Å².